The van der Waals surface area contributed by atoms with Crippen LogP contribution in [0.25, 0.3) is 0 Å². The molecule has 1 rings (SSSR count). The Labute approximate surface area is 168 Å². The second kappa shape index (κ2) is 9.28. The van der Waals surface area contributed by atoms with Crippen molar-refractivity contribution < 1.29 is 53.4 Å². The predicted octanol–water partition coefficient (Wildman–Crippen LogP) is 5.16. The van der Waals surface area contributed by atoms with E-state index in [0.29, 0.717) is 7.11 Å². The maximum Gasteiger partial charge on any atom is 0.434 e. The zero-order valence-corrected chi connectivity index (χ0v) is 15.6. The Bertz CT molecular complexity index is 885. The van der Waals surface area contributed by atoms with E-state index in [1.54, 1.807) is 0 Å². The van der Waals surface area contributed by atoms with Crippen LogP contribution in [0, 0.1) is 40.1 Å². The van der Waals surface area contributed by atoms with E-state index in [9.17, 15) is 43.9 Å². The highest BCUT2D eigenvalue weighted by Crippen LogP contribution is 2.51. The molecule has 0 aliphatic heterocycles. The molecule has 0 spiro atoms. The summed E-state index contributed by atoms with van der Waals surface area (Å²) < 4.78 is 145. The lowest BCUT2D eigenvalue weighted by Crippen LogP contribution is -2.62. The molecule has 2 unspecified atom stereocenters. The Morgan fingerprint density at radius 2 is 1.29 bits per heavy atom. The minimum Gasteiger partial charge on any atom is -0.376 e. The van der Waals surface area contributed by atoms with Gasteiger partial charge in [0.2, 0.25) is 0 Å². The summed E-state index contributed by atoms with van der Waals surface area (Å²) in [5.74, 6) is -6.27. The summed E-state index contributed by atoms with van der Waals surface area (Å²) in [4.78, 5) is 0. The van der Waals surface area contributed by atoms with Crippen LogP contribution in [0.3, 0.4) is 0 Å². The van der Waals surface area contributed by atoms with E-state index >= 15 is 0 Å². The number of benzene rings is 1. The van der Waals surface area contributed by atoms with Gasteiger partial charge in [0.25, 0.3) is 0 Å². The van der Waals surface area contributed by atoms with Crippen molar-refractivity contribution in [2.75, 3.05) is 13.7 Å². The molecule has 4 nitrogen and oxygen atoms in total. The third kappa shape index (κ3) is 4.55. The van der Waals surface area contributed by atoms with E-state index in [-0.39, 0.29) is 0 Å². The minimum atomic E-state index is -6.56. The van der Waals surface area contributed by atoms with Gasteiger partial charge in [0.15, 0.2) is 17.5 Å². The lowest BCUT2D eigenvalue weighted by molar-refractivity contribution is -0.370. The Morgan fingerprint density at radius 1 is 0.839 bits per heavy atom. The first kappa shape index (κ1) is 26.5. The van der Waals surface area contributed by atoms with Crippen LogP contribution >= 0.6 is 0 Å². The number of halogens is 10. The fraction of sp³-hybridized carbons (Fsp3) is 0.529. The number of hydrogen-bond acceptors (Lipinski definition) is 4. The maximum absolute atomic E-state index is 14.6. The molecule has 0 bridgehead atoms. The van der Waals surface area contributed by atoms with Gasteiger partial charge < -0.3 is 9.47 Å². The van der Waals surface area contributed by atoms with Gasteiger partial charge in [0.1, 0.15) is 29.4 Å². The third-order valence-corrected chi connectivity index (χ3v) is 4.25. The summed E-state index contributed by atoms with van der Waals surface area (Å²) in [6, 6.07) is 2.04. The smallest absolute Gasteiger partial charge is 0.376 e. The highest BCUT2D eigenvalue weighted by molar-refractivity contribution is 5.50. The molecule has 0 radical (unpaired) electrons. The number of nitrogens with zero attached hydrogens (tertiary/aromatic N) is 2. The van der Waals surface area contributed by atoms with Crippen molar-refractivity contribution in [3.63, 3.8) is 0 Å². The van der Waals surface area contributed by atoms with Gasteiger partial charge in [-0.25, -0.2) is 17.6 Å². The molecule has 14 heteroatoms. The SMILES string of the molecule is CCOC(CC(OC)c1c(F)c(F)c(C#N)c(C#N)c1F)C(F)(C(F)(F)F)C(F)(F)F. The van der Waals surface area contributed by atoms with Crippen molar-refractivity contribution in [3.8, 4) is 12.1 Å². The quantitative estimate of drug-likeness (QED) is 0.411. The van der Waals surface area contributed by atoms with Gasteiger partial charge in [0, 0.05) is 20.1 Å². The van der Waals surface area contributed by atoms with Gasteiger partial charge in [-0.15, -0.1) is 0 Å². The first-order valence-corrected chi connectivity index (χ1v) is 8.11. The van der Waals surface area contributed by atoms with Crippen molar-refractivity contribution in [1.29, 1.82) is 10.5 Å². The van der Waals surface area contributed by atoms with Crippen molar-refractivity contribution in [3.05, 3.63) is 34.1 Å². The second-order valence-corrected chi connectivity index (χ2v) is 5.94. The molecule has 0 heterocycles. The number of alkyl halides is 7. The molecule has 0 amide bonds. The van der Waals surface area contributed by atoms with E-state index in [0.717, 1.165) is 19.1 Å². The fourth-order valence-corrected chi connectivity index (χ4v) is 2.77. The van der Waals surface area contributed by atoms with Crippen LogP contribution in [-0.4, -0.2) is 37.8 Å². The highest BCUT2D eigenvalue weighted by Gasteiger charge is 2.76. The molecule has 1 aromatic rings. The summed E-state index contributed by atoms with van der Waals surface area (Å²) in [6.45, 7) is 0.0490. The van der Waals surface area contributed by atoms with Crippen LogP contribution in [0.1, 0.15) is 36.1 Å². The van der Waals surface area contributed by atoms with Crippen LogP contribution in [0.4, 0.5) is 43.9 Å². The fourth-order valence-electron chi connectivity index (χ4n) is 2.77. The Morgan fingerprint density at radius 3 is 1.65 bits per heavy atom. The molecule has 0 saturated heterocycles. The lowest BCUT2D eigenvalue weighted by Gasteiger charge is -2.37. The summed E-state index contributed by atoms with van der Waals surface area (Å²) in [5.41, 5.74) is -10.3. The van der Waals surface area contributed by atoms with Crippen LogP contribution in [0.5, 0.6) is 0 Å². The number of hydrogen-bond donors (Lipinski definition) is 0. The number of nitriles is 2. The lowest BCUT2D eigenvalue weighted by atomic mass is 9.89. The first-order chi connectivity index (χ1) is 14.1. The van der Waals surface area contributed by atoms with Crippen molar-refractivity contribution in [1.82, 2.24) is 0 Å². The average Bonchev–Trinajstić information content (AvgIpc) is 2.66. The van der Waals surface area contributed by atoms with Crippen LogP contribution in [0.15, 0.2) is 0 Å². The van der Waals surface area contributed by atoms with Crippen LogP contribution < -0.4 is 0 Å². The van der Waals surface area contributed by atoms with Gasteiger partial charge >= 0.3 is 18.0 Å². The van der Waals surface area contributed by atoms with E-state index in [1.165, 1.54) is 0 Å². The largest absolute Gasteiger partial charge is 0.434 e. The highest BCUT2D eigenvalue weighted by atomic mass is 19.4. The van der Waals surface area contributed by atoms with Crippen LogP contribution in [-0.2, 0) is 9.47 Å². The zero-order valence-electron chi connectivity index (χ0n) is 15.6. The molecular weight excluding hydrogens is 454 g/mol. The van der Waals surface area contributed by atoms with Crippen LogP contribution in [0.2, 0.25) is 0 Å². The monoisotopic (exact) mass is 466 g/mol. The number of ether oxygens (including phenoxy) is 2. The maximum atomic E-state index is 14.6. The predicted molar refractivity (Wildman–Crippen MR) is 81.5 cm³/mol. The van der Waals surface area contributed by atoms with Gasteiger partial charge in [-0.05, 0) is 6.92 Å². The van der Waals surface area contributed by atoms with Crippen molar-refractivity contribution >= 4 is 0 Å². The molecule has 0 fully saturated rings. The average molecular weight is 466 g/mol. The van der Waals surface area contributed by atoms with Crippen molar-refractivity contribution in [2.45, 2.75) is 43.6 Å². The van der Waals surface area contributed by atoms with Crippen molar-refractivity contribution in [2.24, 2.45) is 0 Å². The van der Waals surface area contributed by atoms with E-state index in [4.69, 9.17) is 10.5 Å². The normalized spacial score (nSPS) is 14.6. The Balaban J connectivity index is 3.72. The molecule has 0 saturated carbocycles. The number of rotatable bonds is 7. The van der Waals surface area contributed by atoms with E-state index in [1.807, 2.05) is 0 Å². The zero-order chi connectivity index (χ0) is 24.4. The first-order valence-electron chi connectivity index (χ1n) is 8.11. The summed E-state index contributed by atoms with van der Waals surface area (Å²) >= 11 is 0. The minimum absolute atomic E-state index is 0.579. The topological polar surface area (TPSA) is 66.0 Å². The molecule has 0 aliphatic carbocycles. The summed E-state index contributed by atoms with van der Waals surface area (Å²) in [6.07, 6.45) is -20.8. The molecule has 0 N–H and O–H groups in total. The molecule has 0 aromatic heterocycles. The summed E-state index contributed by atoms with van der Waals surface area (Å²) in [7, 11) is 0.579. The standard InChI is InChI=1S/C17H12F10N2O2/c1-3-31-10(15(21,16(22,23)24)17(25,26)27)4-9(30-2)11-12(18)7(5-28)8(6-29)13(19)14(11)20/h9-10H,3-4H2,1-2H3. The summed E-state index contributed by atoms with van der Waals surface area (Å²) in [5, 5.41) is 17.6. The molecule has 172 valence electrons. The molecule has 31 heavy (non-hydrogen) atoms. The Kier molecular flexibility index (Phi) is 7.92. The Hall–Kier alpha value is -2.58. The van der Waals surface area contributed by atoms with E-state index in [2.05, 4.69) is 9.47 Å². The van der Waals surface area contributed by atoms with Gasteiger partial charge in [-0.2, -0.15) is 36.9 Å². The third-order valence-electron chi connectivity index (χ3n) is 4.25. The molecule has 2 atom stereocenters. The molecule has 0 aliphatic rings. The molecule has 1 aromatic carbocycles. The van der Waals surface area contributed by atoms with Gasteiger partial charge in [-0.1, -0.05) is 0 Å². The molecular formula is C17H12F10N2O2. The van der Waals surface area contributed by atoms with Gasteiger partial charge in [0.05, 0.1) is 11.7 Å². The van der Waals surface area contributed by atoms with E-state index < -0.39 is 77.4 Å². The van der Waals surface area contributed by atoms with Gasteiger partial charge in [-0.3, -0.25) is 0 Å². The number of methoxy groups -OCH3 is 1. The second-order valence-electron chi connectivity index (χ2n) is 5.94.